The van der Waals surface area contributed by atoms with Crippen molar-refractivity contribution in [2.45, 2.75) is 6.10 Å². The summed E-state index contributed by atoms with van der Waals surface area (Å²) in [6.07, 6.45) is -0.788. The van der Waals surface area contributed by atoms with Gasteiger partial charge in [-0.1, -0.05) is 40.2 Å². The number of para-hydroxylation sites is 2. The molecule has 1 aliphatic rings. The minimum absolute atomic E-state index is 0.113. The van der Waals surface area contributed by atoms with Crippen LogP contribution in [0.25, 0.3) is 11.3 Å². The molecule has 1 atom stereocenters. The summed E-state index contributed by atoms with van der Waals surface area (Å²) in [5, 5.41) is 10.3. The Hall–Kier alpha value is -2.87. The highest BCUT2D eigenvalue weighted by Gasteiger charge is 2.29. The van der Waals surface area contributed by atoms with Crippen LogP contribution in [-0.4, -0.2) is 28.9 Å². The van der Waals surface area contributed by atoms with Crippen molar-refractivity contribution in [3.8, 4) is 22.8 Å². The summed E-state index contributed by atoms with van der Waals surface area (Å²) in [7, 11) is 0. The third-order valence-corrected chi connectivity index (χ3v) is 4.18. The van der Waals surface area contributed by atoms with Crippen molar-refractivity contribution < 1.29 is 18.9 Å². The van der Waals surface area contributed by atoms with Crippen molar-refractivity contribution in [3.63, 3.8) is 0 Å². The second-order valence-electron chi connectivity index (χ2n) is 5.32. The fourth-order valence-corrected chi connectivity index (χ4v) is 2.68. The number of halogens is 1. The van der Waals surface area contributed by atoms with E-state index in [-0.39, 0.29) is 18.3 Å². The fourth-order valence-electron chi connectivity index (χ4n) is 2.41. The SMILES string of the molecule is O=C(Nc1nonc1-c1ccc(Br)cc1)C1COc2ccccc2O1. The van der Waals surface area contributed by atoms with Crippen molar-refractivity contribution in [1.29, 1.82) is 0 Å². The van der Waals surface area contributed by atoms with Crippen LogP contribution < -0.4 is 14.8 Å². The van der Waals surface area contributed by atoms with Gasteiger partial charge in [-0.15, -0.1) is 0 Å². The lowest BCUT2D eigenvalue weighted by molar-refractivity contribution is -0.125. The zero-order chi connectivity index (χ0) is 17.2. The van der Waals surface area contributed by atoms with Crippen LogP contribution in [0.2, 0.25) is 0 Å². The van der Waals surface area contributed by atoms with E-state index in [0.717, 1.165) is 10.0 Å². The molecule has 0 saturated carbocycles. The van der Waals surface area contributed by atoms with Crippen molar-refractivity contribution in [3.05, 3.63) is 53.0 Å². The number of carbonyl (C=O) groups excluding carboxylic acids is 1. The zero-order valence-electron chi connectivity index (χ0n) is 12.8. The molecule has 2 aromatic carbocycles. The smallest absolute Gasteiger partial charge is 0.270 e. The first kappa shape index (κ1) is 15.6. The Kier molecular flexibility index (Phi) is 4.10. The number of anilines is 1. The normalized spacial score (nSPS) is 15.6. The van der Waals surface area contributed by atoms with E-state index in [4.69, 9.17) is 14.1 Å². The van der Waals surface area contributed by atoms with Gasteiger partial charge in [-0.25, -0.2) is 4.63 Å². The van der Waals surface area contributed by atoms with E-state index in [1.54, 1.807) is 12.1 Å². The van der Waals surface area contributed by atoms with E-state index >= 15 is 0 Å². The van der Waals surface area contributed by atoms with Crippen molar-refractivity contribution in [2.75, 3.05) is 11.9 Å². The summed E-state index contributed by atoms with van der Waals surface area (Å²) in [5.41, 5.74) is 1.21. The fraction of sp³-hybridized carbons (Fsp3) is 0.118. The van der Waals surface area contributed by atoms with Gasteiger partial charge in [-0.2, -0.15) is 0 Å². The van der Waals surface area contributed by atoms with E-state index in [1.807, 2.05) is 36.4 Å². The maximum atomic E-state index is 12.5. The molecule has 1 unspecified atom stereocenters. The molecule has 8 heteroatoms. The van der Waals surface area contributed by atoms with Gasteiger partial charge in [0, 0.05) is 10.0 Å². The van der Waals surface area contributed by atoms with Crippen LogP contribution in [0, 0.1) is 0 Å². The van der Waals surface area contributed by atoms with Crippen LogP contribution >= 0.6 is 15.9 Å². The molecule has 7 nitrogen and oxygen atoms in total. The number of benzene rings is 2. The molecule has 0 spiro atoms. The number of amides is 1. The average molecular weight is 402 g/mol. The number of carbonyl (C=O) groups is 1. The first-order valence-electron chi connectivity index (χ1n) is 7.48. The predicted molar refractivity (Wildman–Crippen MR) is 92.4 cm³/mol. The molecule has 0 saturated heterocycles. The molecule has 4 rings (SSSR count). The molecule has 0 fully saturated rings. The molecule has 25 heavy (non-hydrogen) atoms. The minimum Gasteiger partial charge on any atom is -0.485 e. The Labute approximate surface area is 151 Å². The largest absolute Gasteiger partial charge is 0.485 e. The molecule has 1 N–H and O–H groups in total. The minimum atomic E-state index is -0.788. The summed E-state index contributed by atoms with van der Waals surface area (Å²) in [4.78, 5) is 12.5. The summed E-state index contributed by atoms with van der Waals surface area (Å²) in [5.74, 6) is 0.990. The number of hydrogen-bond acceptors (Lipinski definition) is 6. The van der Waals surface area contributed by atoms with Gasteiger partial charge in [0.1, 0.15) is 6.61 Å². The Morgan fingerprint density at radius 3 is 2.64 bits per heavy atom. The van der Waals surface area contributed by atoms with Crippen LogP contribution in [0.1, 0.15) is 0 Å². The van der Waals surface area contributed by atoms with Crippen molar-refractivity contribution >= 4 is 27.7 Å². The first-order valence-corrected chi connectivity index (χ1v) is 8.28. The quantitative estimate of drug-likeness (QED) is 0.724. The van der Waals surface area contributed by atoms with E-state index in [0.29, 0.717) is 17.2 Å². The van der Waals surface area contributed by atoms with Gasteiger partial charge >= 0.3 is 0 Å². The Morgan fingerprint density at radius 2 is 1.84 bits per heavy atom. The number of nitrogens with zero attached hydrogens (tertiary/aromatic N) is 2. The highest BCUT2D eigenvalue weighted by Crippen LogP contribution is 2.31. The van der Waals surface area contributed by atoms with Gasteiger partial charge in [-0.3, -0.25) is 4.79 Å². The lowest BCUT2D eigenvalue weighted by Crippen LogP contribution is -2.40. The van der Waals surface area contributed by atoms with Gasteiger partial charge in [0.05, 0.1) is 0 Å². The van der Waals surface area contributed by atoms with Crippen LogP contribution in [0.4, 0.5) is 5.82 Å². The molecule has 1 amide bonds. The molecule has 2 heterocycles. The molecular weight excluding hydrogens is 390 g/mol. The standard InChI is InChI=1S/C17H12BrN3O4/c18-11-7-5-10(6-8-11)15-16(21-25-20-15)19-17(22)14-9-23-12-3-1-2-4-13(12)24-14/h1-8,14H,9H2,(H,19,21,22). The second kappa shape index (κ2) is 6.56. The summed E-state index contributed by atoms with van der Waals surface area (Å²) < 4.78 is 16.9. The van der Waals surface area contributed by atoms with Gasteiger partial charge in [-0.05, 0) is 34.6 Å². The highest BCUT2D eigenvalue weighted by molar-refractivity contribution is 9.10. The monoisotopic (exact) mass is 401 g/mol. The number of nitrogens with one attached hydrogen (secondary N) is 1. The Balaban J connectivity index is 1.51. The van der Waals surface area contributed by atoms with Gasteiger partial charge in [0.2, 0.25) is 11.9 Å². The van der Waals surface area contributed by atoms with Gasteiger partial charge in [0.25, 0.3) is 5.91 Å². The first-order chi connectivity index (χ1) is 12.2. The van der Waals surface area contributed by atoms with Crippen molar-refractivity contribution in [1.82, 2.24) is 10.3 Å². The third-order valence-electron chi connectivity index (χ3n) is 3.65. The van der Waals surface area contributed by atoms with E-state index in [2.05, 4.69) is 31.6 Å². The summed E-state index contributed by atoms with van der Waals surface area (Å²) >= 11 is 3.37. The number of ether oxygens (including phenoxy) is 2. The van der Waals surface area contributed by atoms with Crippen LogP contribution in [-0.2, 0) is 4.79 Å². The molecule has 1 aliphatic heterocycles. The maximum Gasteiger partial charge on any atom is 0.270 e. The molecule has 1 aromatic heterocycles. The number of aromatic nitrogens is 2. The molecular formula is C17H12BrN3O4. The predicted octanol–water partition coefficient (Wildman–Crippen LogP) is 3.28. The number of hydrogen-bond donors (Lipinski definition) is 1. The molecule has 0 bridgehead atoms. The van der Waals surface area contributed by atoms with E-state index in [9.17, 15) is 4.79 Å². The van der Waals surface area contributed by atoms with Crippen LogP contribution in [0.5, 0.6) is 11.5 Å². The lowest BCUT2D eigenvalue weighted by Gasteiger charge is -2.25. The molecule has 0 aliphatic carbocycles. The van der Waals surface area contributed by atoms with E-state index < -0.39 is 6.10 Å². The van der Waals surface area contributed by atoms with E-state index in [1.165, 1.54) is 0 Å². The van der Waals surface area contributed by atoms with Crippen molar-refractivity contribution in [2.24, 2.45) is 0 Å². The topological polar surface area (TPSA) is 86.5 Å². The number of rotatable bonds is 3. The maximum absolute atomic E-state index is 12.5. The Morgan fingerprint density at radius 1 is 1.08 bits per heavy atom. The van der Waals surface area contributed by atoms with Crippen LogP contribution in [0.15, 0.2) is 57.6 Å². The summed E-state index contributed by atoms with van der Waals surface area (Å²) in [6, 6.07) is 14.6. The zero-order valence-corrected chi connectivity index (χ0v) is 14.4. The highest BCUT2D eigenvalue weighted by atomic mass is 79.9. The molecule has 0 radical (unpaired) electrons. The second-order valence-corrected chi connectivity index (χ2v) is 6.24. The van der Waals surface area contributed by atoms with Gasteiger partial charge in [0.15, 0.2) is 17.2 Å². The molecule has 3 aromatic rings. The molecule has 126 valence electrons. The lowest BCUT2D eigenvalue weighted by atomic mass is 10.1. The third kappa shape index (κ3) is 3.20. The Bertz CT molecular complexity index is 910. The summed E-state index contributed by atoms with van der Waals surface area (Å²) in [6.45, 7) is 0.113. The van der Waals surface area contributed by atoms with Gasteiger partial charge < -0.3 is 14.8 Å². The van der Waals surface area contributed by atoms with Crippen LogP contribution in [0.3, 0.4) is 0 Å². The number of fused-ring (bicyclic) bond motifs is 1. The average Bonchev–Trinajstić information content (AvgIpc) is 3.10.